The highest BCUT2D eigenvalue weighted by atomic mass is 35.5. The van der Waals surface area contributed by atoms with Crippen molar-refractivity contribution >= 4 is 23.2 Å². The third-order valence-corrected chi connectivity index (χ3v) is 3.97. The van der Waals surface area contributed by atoms with Crippen LogP contribution in [-0.4, -0.2) is 31.8 Å². The van der Waals surface area contributed by atoms with Gasteiger partial charge in [-0.15, -0.1) is 0 Å². The molecule has 0 saturated heterocycles. The molecule has 22 heavy (non-hydrogen) atoms. The molecule has 5 nitrogen and oxygen atoms in total. The molecule has 1 aliphatic carbocycles. The summed E-state index contributed by atoms with van der Waals surface area (Å²) >= 11 is 6.02. The standard InChI is InChI=1S/C16H23ClN2O3/c1-2-21-7-8-22-15-6-4-12(17)10-14(15)19-16(20)11-3-5-13(18)9-11/h4,6,10-11,13H,2-3,5,7-9,18H2,1H3,(H,19,20). The number of ether oxygens (including phenoxy) is 2. The predicted octanol–water partition coefficient (Wildman–Crippen LogP) is 2.82. The third kappa shape index (κ3) is 4.87. The van der Waals surface area contributed by atoms with Gasteiger partial charge in [0, 0.05) is 23.6 Å². The fourth-order valence-electron chi connectivity index (χ4n) is 2.57. The van der Waals surface area contributed by atoms with Crippen LogP contribution in [0.4, 0.5) is 5.69 Å². The molecule has 1 aliphatic rings. The predicted molar refractivity (Wildman–Crippen MR) is 87.4 cm³/mol. The van der Waals surface area contributed by atoms with Crippen LogP contribution in [0.15, 0.2) is 18.2 Å². The van der Waals surface area contributed by atoms with Crippen molar-refractivity contribution in [1.29, 1.82) is 0 Å². The Morgan fingerprint density at radius 1 is 1.41 bits per heavy atom. The van der Waals surface area contributed by atoms with E-state index in [4.69, 9.17) is 26.8 Å². The molecule has 3 N–H and O–H groups in total. The van der Waals surface area contributed by atoms with E-state index in [2.05, 4.69) is 5.32 Å². The molecular weight excluding hydrogens is 304 g/mol. The minimum Gasteiger partial charge on any atom is -0.489 e. The number of hydrogen-bond donors (Lipinski definition) is 2. The fraction of sp³-hybridized carbons (Fsp3) is 0.562. The number of carbonyl (C=O) groups is 1. The Bertz CT molecular complexity index is 510. The lowest BCUT2D eigenvalue weighted by atomic mass is 10.1. The Morgan fingerprint density at radius 3 is 2.91 bits per heavy atom. The van der Waals surface area contributed by atoms with Crippen LogP contribution in [-0.2, 0) is 9.53 Å². The summed E-state index contributed by atoms with van der Waals surface area (Å²) in [7, 11) is 0. The van der Waals surface area contributed by atoms with Crippen molar-refractivity contribution in [3.8, 4) is 5.75 Å². The Kier molecular flexibility index (Phi) is 6.49. The molecule has 1 aromatic carbocycles. The maximum atomic E-state index is 12.3. The Labute approximate surface area is 136 Å². The molecule has 0 bridgehead atoms. The number of anilines is 1. The van der Waals surface area contributed by atoms with Crippen LogP contribution in [0.5, 0.6) is 5.75 Å². The zero-order valence-corrected chi connectivity index (χ0v) is 13.6. The van der Waals surface area contributed by atoms with Gasteiger partial charge >= 0.3 is 0 Å². The van der Waals surface area contributed by atoms with E-state index in [0.717, 1.165) is 19.3 Å². The summed E-state index contributed by atoms with van der Waals surface area (Å²) in [4.78, 5) is 12.3. The molecule has 1 amide bonds. The van der Waals surface area contributed by atoms with E-state index >= 15 is 0 Å². The quantitative estimate of drug-likeness (QED) is 0.756. The second-order valence-corrected chi connectivity index (χ2v) is 5.88. The van der Waals surface area contributed by atoms with Gasteiger partial charge in [-0.1, -0.05) is 11.6 Å². The van der Waals surface area contributed by atoms with Crippen LogP contribution in [0.3, 0.4) is 0 Å². The van der Waals surface area contributed by atoms with Gasteiger partial charge in [0.2, 0.25) is 5.91 Å². The molecule has 0 aliphatic heterocycles. The zero-order chi connectivity index (χ0) is 15.9. The molecule has 122 valence electrons. The number of rotatable bonds is 7. The smallest absolute Gasteiger partial charge is 0.227 e. The first-order valence-corrected chi connectivity index (χ1v) is 8.04. The Balaban J connectivity index is 1.98. The van der Waals surface area contributed by atoms with Crippen molar-refractivity contribution < 1.29 is 14.3 Å². The number of carbonyl (C=O) groups excluding carboxylic acids is 1. The van der Waals surface area contributed by atoms with E-state index in [-0.39, 0.29) is 17.9 Å². The molecule has 6 heteroatoms. The lowest BCUT2D eigenvalue weighted by Gasteiger charge is -2.15. The Hall–Kier alpha value is -1.30. The zero-order valence-electron chi connectivity index (χ0n) is 12.8. The van der Waals surface area contributed by atoms with Gasteiger partial charge in [0.25, 0.3) is 0 Å². The summed E-state index contributed by atoms with van der Waals surface area (Å²) < 4.78 is 10.9. The van der Waals surface area contributed by atoms with E-state index in [1.807, 2.05) is 6.92 Å². The number of nitrogens with one attached hydrogen (secondary N) is 1. The lowest BCUT2D eigenvalue weighted by molar-refractivity contribution is -0.119. The molecule has 0 aromatic heterocycles. The lowest BCUT2D eigenvalue weighted by Crippen LogP contribution is -2.23. The molecule has 2 rings (SSSR count). The van der Waals surface area contributed by atoms with E-state index in [0.29, 0.717) is 36.3 Å². The largest absolute Gasteiger partial charge is 0.489 e. The average molecular weight is 327 g/mol. The van der Waals surface area contributed by atoms with Gasteiger partial charge in [-0.05, 0) is 44.4 Å². The molecular formula is C16H23ClN2O3. The highest BCUT2D eigenvalue weighted by molar-refractivity contribution is 6.31. The van der Waals surface area contributed by atoms with Gasteiger partial charge < -0.3 is 20.5 Å². The molecule has 2 unspecified atom stereocenters. The van der Waals surface area contributed by atoms with E-state index in [9.17, 15) is 4.79 Å². The van der Waals surface area contributed by atoms with Crippen molar-refractivity contribution in [3.63, 3.8) is 0 Å². The number of benzene rings is 1. The van der Waals surface area contributed by atoms with Gasteiger partial charge in [-0.25, -0.2) is 0 Å². The van der Waals surface area contributed by atoms with Crippen molar-refractivity contribution in [3.05, 3.63) is 23.2 Å². The van der Waals surface area contributed by atoms with Crippen molar-refractivity contribution in [1.82, 2.24) is 0 Å². The molecule has 0 spiro atoms. The van der Waals surface area contributed by atoms with Crippen LogP contribution < -0.4 is 15.8 Å². The van der Waals surface area contributed by atoms with E-state index < -0.39 is 0 Å². The first-order valence-electron chi connectivity index (χ1n) is 7.66. The summed E-state index contributed by atoms with van der Waals surface area (Å²) in [6, 6.07) is 5.31. The molecule has 2 atom stereocenters. The monoisotopic (exact) mass is 326 g/mol. The number of nitrogens with two attached hydrogens (primary N) is 1. The van der Waals surface area contributed by atoms with E-state index in [1.54, 1.807) is 18.2 Å². The van der Waals surface area contributed by atoms with Gasteiger partial charge in [-0.2, -0.15) is 0 Å². The van der Waals surface area contributed by atoms with Crippen molar-refractivity contribution in [2.45, 2.75) is 32.2 Å². The molecule has 1 saturated carbocycles. The first kappa shape index (κ1) is 17.1. The fourth-order valence-corrected chi connectivity index (χ4v) is 2.74. The number of amides is 1. The van der Waals surface area contributed by atoms with Gasteiger partial charge in [0.15, 0.2) is 0 Å². The normalized spacial score (nSPS) is 20.9. The second-order valence-electron chi connectivity index (χ2n) is 5.45. The summed E-state index contributed by atoms with van der Waals surface area (Å²) in [5, 5.41) is 3.46. The van der Waals surface area contributed by atoms with Gasteiger partial charge in [0.05, 0.1) is 12.3 Å². The van der Waals surface area contributed by atoms with Crippen molar-refractivity contribution in [2.75, 3.05) is 25.1 Å². The first-order chi connectivity index (χ1) is 10.6. The number of halogens is 1. The van der Waals surface area contributed by atoms with Crippen LogP contribution in [0.2, 0.25) is 5.02 Å². The molecule has 0 radical (unpaired) electrons. The maximum absolute atomic E-state index is 12.3. The van der Waals surface area contributed by atoms with Crippen LogP contribution in [0.25, 0.3) is 0 Å². The van der Waals surface area contributed by atoms with Gasteiger partial charge in [0.1, 0.15) is 12.4 Å². The van der Waals surface area contributed by atoms with E-state index in [1.165, 1.54) is 0 Å². The summed E-state index contributed by atoms with van der Waals surface area (Å²) in [5.74, 6) is 0.537. The second kappa shape index (κ2) is 8.36. The topological polar surface area (TPSA) is 73.6 Å². The van der Waals surface area contributed by atoms with Crippen LogP contribution in [0, 0.1) is 5.92 Å². The van der Waals surface area contributed by atoms with Crippen LogP contribution >= 0.6 is 11.6 Å². The molecule has 0 heterocycles. The summed E-state index contributed by atoms with van der Waals surface area (Å²) in [6.07, 6.45) is 2.45. The minimum absolute atomic E-state index is 0.0233. The maximum Gasteiger partial charge on any atom is 0.227 e. The van der Waals surface area contributed by atoms with Crippen LogP contribution in [0.1, 0.15) is 26.2 Å². The molecule has 1 aromatic rings. The summed E-state index contributed by atoms with van der Waals surface area (Å²) in [5.41, 5.74) is 6.46. The average Bonchev–Trinajstić information content (AvgIpc) is 2.92. The highest BCUT2D eigenvalue weighted by Crippen LogP contribution is 2.31. The summed E-state index contributed by atoms with van der Waals surface area (Å²) in [6.45, 7) is 3.51. The van der Waals surface area contributed by atoms with Crippen molar-refractivity contribution in [2.24, 2.45) is 11.7 Å². The highest BCUT2D eigenvalue weighted by Gasteiger charge is 2.28. The Morgan fingerprint density at radius 2 is 2.23 bits per heavy atom. The minimum atomic E-state index is -0.0368. The number of hydrogen-bond acceptors (Lipinski definition) is 4. The SMILES string of the molecule is CCOCCOc1ccc(Cl)cc1NC(=O)C1CCC(N)C1. The molecule has 1 fully saturated rings. The van der Waals surface area contributed by atoms with Gasteiger partial charge in [-0.3, -0.25) is 4.79 Å². The third-order valence-electron chi connectivity index (χ3n) is 3.73.